The minimum atomic E-state index is -4.22. The highest BCUT2D eigenvalue weighted by molar-refractivity contribution is 6.05. The number of alkyl halides is 3. The number of carbonyl (C=O) groups excluding carboxylic acids is 1. The van der Waals surface area contributed by atoms with Crippen molar-refractivity contribution in [3.8, 4) is 0 Å². The SMILES string of the molecule is Cc1cc(C(=O)N2CCCN(CC(F)(F)F)CC2)c2cnn(C)c2n1. The predicted molar refractivity (Wildman–Crippen MR) is 86.3 cm³/mol. The van der Waals surface area contributed by atoms with Crippen molar-refractivity contribution in [2.75, 3.05) is 32.7 Å². The summed E-state index contributed by atoms with van der Waals surface area (Å²) in [6, 6.07) is 1.71. The van der Waals surface area contributed by atoms with Crippen LogP contribution in [0.5, 0.6) is 0 Å². The maximum Gasteiger partial charge on any atom is 0.401 e. The fourth-order valence-corrected chi connectivity index (χ4v) is 3.17. The van der Waals surface area contributed by atoms with E-state index < -0.39 is 12.7 Å². The zero-order chi connectivity index (χ0) is 18.2. The standard InChI is InChI=1S/C16H20F3N5O/c1-11-8-12(13-9-20-22(2)14(13)21-11)15(25)24-5-3-4-23(6-7-24)10-16(17,18)19/h8-9H,3-7,10H2,1-2H3. The second-order valence-corrected chi connectivity index (χ2v) is 6.35. The molecule has 1 amide bonds. The van der Waals surface area contributed by atoms with Gasteiger partial charge in [0.05, 0.1) is 23.7 Å². The van der Waals surface area contributed by atoms with Crippen molar-refractivity contribution in [2.45, 2.75) is 19.5 Å². The first-order chi connectivity index (χ1) is 11.7. The van der Waals surface area contributed by atoms with E-state index in [0.29, 0.717) is 41.8 Å². The van der Waals surface area contributed by atoms with E-state index in [9.17, 15) is 18.0 Å². The molecule has 0 aliphatic carbocycles. The van der Waals surface area contributed by atoms with Crippen LogP contribution in [0.1, 0.15) is 22.5 Å². The van der Waals surface area contributed by atoms with Gasteiger partial charge in [0.1, 0.15) is 0 Å². The quantitative estimate of drug-likeness (QED) is 0.827. The number of amides is 1. The molecule has 0 N–H and O–H groups in total. The third kappa shape index (κ3) is 3.92. The van der Waals surface area contributed by atoms with Gasteiger partial charge in [0.2, 0.25) is 0 Å². The van der Waals surface area contributed by atoms with Gasteiger partial charge in [-0.3, -0.25) is 14.4 Å². The Bertz CT molecular complexity index is 786. The molecule has 0 atom stereocenters. The molecule has 25 heavy (non-hydrogen) atoms. The van der Waals surface area contributed by atoms with Crippen LogP contribution in [0.3, 0.4) is 0 Å². The van der Waals surface area contributed by atoms with Gasteiger partial charge in [0, 0.05) is 38.9 Å². The van der Waals surface area contributed by atoms with E-state index in [1.807, 2.05) is 0 Å². The number of hydrogen-bond donors (Lipinski definition) is 0. The van der Waals surface area contributed by atoms with Gasteiger partial charge in [-0.1, -0.05) is 0 Å². The van der Waals surface area contributed by atoms with Gasteiger partial charge in [-0.2, -0.15) is 18.3 Å². The summed E-state index contributed by atoms with van der Waals surface area (Å²) in [7, 11) is 1.75. The van der Waals surface area contributed by atoms with Crippen LogP contribution in [0.2, 0.25) is 0 Å². The molecule has 0 unspecified atom stereocenters. The summed E-state index contributed by atoms with van der Waals surface area (Å²) >= 11 is 0. The van der Waals surface area contributed by atoms with Crippen molar-refractivity contribution in [1.82, 2.24) is 24.6 Å². The molecule has 0 aromatic carbocycles. The van der Waals surface area contributed by atoms with Crippen LogP contribution in [0.15, 0.2) is 12.3 Å². The van der Waals surface area contributed by atoms with Gasteiger partial charge >= 0.3 is 6.18 Å². The molecule has 9 heteroatoms. The summed E-state index contributed by atoms with van der Waals surface area (Å²) in [6.07, 6.45) is -2.10. The zero-order valence-corrected chi connectivity index (χ0v) is 14.2. The Labute approximate surface area is 143 Å². The lowest BCUT2D eigenvalue weighted by molar-refractivity contribution is -0.145. The van der Waals surface area contributed by atoms with E-state index in [4.69, 9.17) is 0 Å². The van der Waals surface area contributed by atoms with E-state index in [1.54, 1.807) is 35.8 Å². The molecule has 0 bridgehead atoms. The largest absolute Gasteiger partial charge is 0.401 e. The van der Waals surface area contributed by atoms with Gasteiger partial charge in [-0.25, -0.2) is 4.98 Å². The molecular formula is C16H20F3N5O. The van der Waals surface area contributed by atoms with Crippen molar-refractivity contribution >= 4 is 16.9 Å². The minimum absolute atomic E-state index is 0.183. The molecule has 1 aliphatic heterocycles. The average molecular weight is 355 g/mol. The molecule has 0 spiro atoms. The number of aromatic nitrogens is 3. The third-order valence-electron chi connectivity index (χ3n) is 4.34. The van der Waals surface area contributed by atoms with Gasteiger partial charge in [-0.05, 0) is 19.4 Å². The third-order valence-corrected chi connectivity index (χ3v) is 4.34. The number of halogens is 3. The van der Waals surface area contributed by atoms with Crippen LogP contribution in [-0.4, -0.2) is 69.4 Å². The molecule has 6 nitrogen and oxygen atoms in total. The Morgan fingerprint density at radius 2 is 2.00 bits per heavy atom. The first-order valence-corrected chi connectivity index (χ1v) is 8.12. The number of aryl methyl sites for hydroxylation is 2. The predicted octanol–water partition coefficient (Wildman–Crippen LogP) is 1.99. The first-order valence-electron chi connectivity index (χ1n) is 8.12. The number of hydrogen-bond acceptors (Lipinski definition) is 4. The van der Waals surface area contributed by atoms with E-state index in [2.05, 4.69) is 10.1 Å². The highest BCUT2D eigenvalue weighted by Crippen LogP contribution is 2.21. The number of pyridine rings is 1. The van der Waals surface area contributed by atoms with Crippen molar-refractivity contribution in [3.05, 3.63) is 23.5 Å². The Kier molecular flexibility index (Phi) is 4.68. The van der Waals surface area contributed by atoms with Crippen LogP contribution < -0.4 is 0 Å². The summed E-state index contributed by atoms with van der Waals surface area (Å²) < 4.78 is 39.3. The second-order valence-electron chi connectivity index (χ2n) is 6.35. The molecule has 3 heterocycles. The molecule has 1 saturated heterocycles. The van der Waals surface area contributed by atoms with Gasteiger partial charge in [0.25, 0.3) is 5.91 Å². The number of rotatable bonds is 2. The van der Waals surface area contributed by atoms with Crippen molar-refractivity contribution in [3.63, 3.8) is 0 Å². The fraction of sp³-hybridized carbons (Fsp3) is 0.562. The number of nitrogens with zero attached hydrogens (tertiary/aromatic N) is 5. The van der Waals surface area contributed by atoms with Gasteiger partial charge in [0.15, 0.2) is 5.65 Å². The van der Waals surface area contributed by atoms with Crippen LogP contribution in [0, 0.1) is 6.92 Å². The zero-order valence-electron chi connectivity index (χ0n) is 14.2. The lowest BCUT2D eigenvalue weighted by Crippen LogP contribution is -2.38. The summed E-state index contributed by atoms with van der Waals surface area (Å²) in [5, 5.41) is 4.81. The Balaban J connectivity index is 1.80. The van der Waals surface area contributed by atoms with Crippen LogP contribution in [0.4, 0.5) is 13.2 Å². The average Bonchev–Trinajstić information content (AvgIpc) is 2.75. The molecule has 3 rings (SSSR count). The monoisotopic (exact) mass is 355 g/mol. The first kappa shape index (κ1) is 17.7. The highest BCUT2D eigenvalue weighted by Gasteiger charge is 2.32. The van der Waals surface area contributed by atoms with Crippen molar-refractivity contribution < 1.29 is 18.0 Å². The van der Waals surface area contributed by atoms with Crippen molar-refractivity contribution in [1.29, 1.82) is 0 Å². The molecular weight excluding hydrogens is 335 g/mol. The Morgan fingerprint density at radius 3 is 2.72 bits per heavy atom. The van der Waals surface area contributed by atoms with E-state index >= 15 is 0 Å². The molecule has 0 radical (unpaired) electrons. The number of fused-ring (bicyclic) bond motifs is 1. The maximum absolute atomic E-state index is 12.9. The summed E-state index contributed by atoms with van der Waals surface area (Å²) in [5.74, 6) is -0.183. The summed E-state index contributed by atoms with van der Waals surface area (Å²) in [6.45, 7) is 2.13. The maximum atomic E-state index is 12.9. The highest BCUT2D eigenvalue weighted by atomic mass is 19.4. The van der Waals surface area contributed by atoms with Gasteiger partial charge in [-0.15, -0.1) is 0 Å². The van der Waals surface area contributed by atoms with E-state index in [0.717, 1.165) is 0 Å². The van der Waals surface area contributed by atoms with Crippen LogP contribution in [-0.2, 0) is 7.05 Å². The molecule has 2 aromatic rings. The molecule has 2 aromatic heterocycles. The molecule has 0 saturated carbocycles. The second kappa shape index (κ2) is 6.62. The molecule has 1 aliphatic rings. The van der Waals surface area contributed by atoms with Gasteiger partial charge < -0.3 is 4.90 Å². The normalized spacial score (nSPS) is 17.1. The summed E-state index contributed by atoms with van der Waals surface area (Å²) in [5.41, 5.74) is 1.82. The topological polar surface area (TPSA) is 54.3 Å². The lowest BCUT2D eigenvalue weighted by Gasteiger charge is -2.23. The summed E-state index contributed by atoms with van der Waals surface area (Å²) in [4.78, 5) is 20.3. The van der Waals surface area contributed by atoms with Crippen LogP contribution in [0.25, 0.3) is 11.0 Å². The Morgan fingerprint density at radius 1 is 1.24 bits per heavy atom. The fourth-order valence-electron chi connectivity index (χ4n) is 3.17. The molecule has 1 fully saturated rings. The lowest BCUT2D eigenvalue weighted by atomic mass is 10.1. The van der Waals surface area contributed by atoms with Crippen molar-refractivity contribution in [2.24, 2.45) is 7.05 Å². The molecule has 136 valence electrons. The smallest absolute Gasteiger partial charge is 0.337 e. The number of carbonyl (C=O) groups is 1. The van der Waals surface area contributed by atoms with Crippen LogP contribution >= 0.6 is 0 Å². The minimum Gasteiger partial charge on any atom is -0.337 e. The Hall–Kier alpha value is -2.16. The van der Waals surface area contributed by atoms with E-state index in [-0.39, 0.29) is 19.0 Å². The van der Waals surface area contributed by atoms with E-state index in [1.165, 1.54) is 4.90 Å².